The van der Waals surface area contributed by atoms with E-state index in [-0.39, 0.29) is 0 Å². The lowest BCUT2D eigenvalue weighted by atomic mass is 10.3. The first kappa shape index (κ1) is 7.02. The maximum atomic E-state index is 10.7. The van der Waals surface area contributed by atoms with Crippen molar-refractivity contribution in [2.24, 2.45) is 0 Å². The van der Waals surface area contributed by atoms with Gasteiger partial charge in [0, 0.05) is 6.26 Å². The van der Waals surface area contributed by atoms with Crippen LogP contribution in [0.2, 0.25) is 0 Å². The summed E-state index contributed by atoms with van der Waals surface area (Å²) in [6.45, 7) is 3.53. The molecule has 0 radical (unpaired) electrons. The summed E-state index contributed by atoms with van der Waals surface area (Å²) < 4.78 is 26.2. The van der Waals surface area contributed by atoms with Crippen molar-refractivity contribution >= 4 is 9.84 Å². The molecule has 9 heavy (non-hydrogen) atoms. The molecule has 0 aromatic carbocycles. The molecule has 1 aliphatic rings. The SMILES string of the molecule is CC1(C)O[C@H]1S(C)(=O)=O. The predicted molar refractivity (Wildman–Crippen MR) is 33.8 cm³/mol. The Morgan fingerprint density at radius 1 is 1.44 bits per heavy atom. The van der Waals surface area contributed by atoms with Gasteiger partial charge in [0.15, 0.2) is 15.3 Å². The molecule has 1 rings (SSSR count). The van der Waals surface area contributed by atoms with Gasteiger partial charge in [-0.05, 0) is 13.8 Å². The van der Waals surface area contributed by atoms with Gasteiger partial charge in [0.05, 0.1) is 0 Å². The Morgan fingerprint density at radius 3 is 1.78 bits per heavy atom. The van der Waals surface area contributed by atoms with E-state index in [9.17, 15) is 8.42 Å². The third-order valence-corrected chi connectivity index (χ3v) is 2.75. The Kier molecular flexibility index (Phi) is 1.16. The normalized spacial score (nSPS) is 32.1. The second-order valence-electron chi connectivity index (χ2n) is 2.88. The zero-order chi connectivity index (χ0) is 7.28. The van der Waals surface area contributed by atoms with Crippen molar-refractivity contribution in [2.75, 3.05) is 6.26 Å². The summed E-state index contributed by atoms with van der Waals surface area (Å²) in [7, 11) is -2.96. The lowest BCUT2D eigenvalue weighted by molar-refractivity contribution is 0.337. The number of hydrogen-bond acceptors (Lipinski definition) is 3. The van der Waals surface area contributed by atoms with Crippen LogP contribution in [0.15, 0.2) is 0 Å². The van der Waals surface area contributed by atoms with Crippen LogP contribution in [-0.2, 0) is 14.6 Å². The zero-order valence-electron chi connectivity index (χ0n) is 5.71. The third-order valence-electron chi connectivity index (χ3n) is 1.31. The minimum absolute atomic E-state index is 0.437. The summed E-state index contributed by atoms with van der Waals surface area (Å²) in [6.07, 6.45) is 1.19. The lowest BCUT2D eigenvalue weighted by Crippen LogP contribution is -2.12. The van der Waals surface area contributed by atoms with Gasteiger partial charge in [-0.25, -0.2) is 8.42 Å². The van der Waals surface area contributed by atoms with E-state index in [0.717, 1.165) is 0 Å². The van der Waals surface area contributed by atoms with Crippen LogP contribution in [0.5, 0.6) is 0 Å². The van der Waals surface area contributed by atoms with Gasteiger partial charge in [-0.2, -0.15) is 0 Å². The summed E-state index contributed by atoms with van der Waals surface area (Å²) in [5.74, 6) is 0. The number of rotatable bonds is 1. The van der Waals surface area contributed by atoms with E-state index < -0.39 is 20.9 Å². The molecule has 0 saturated carbocycles. The Morgan fingerprint density at radius 2 is 1.78 bits per heavy atom. The highest BCUT2D eigenvalue weighted by Crippen LogP contribution is 2.38. The molecule has 1 saturated heterocycles. The standard InChI is InChI=1S/C5H10O3S/c1-5(2)4(8-5)9(3,6)7/h4H,1-3H3/t4-/m0/s1. The highest BCUT2D eigenvalue weighted by molar-refractivity contribution is 7.91. The Balaban J connectivity index is 2.75. The van der Waals surface area contributed by atoms with Crippen molar-refractivity contribution in [3.8, 4) is 0 Å². The van der Waals surface area contributed by atoms with Crippen molar-refractivity contribution in [3.05, 3.63) is 0 Å². The quantitative estimate of drug-likeness (QED) is 0.500. The molecule has 1 aliphatic heterocycles. The molecule has 0 unspecified atom stereocenters. The fourth-order valence-corrected chi connectivity index (χ4v) is 2.30. The maximum Gasteiger partial charge on any atom is 0.187 e. The van der Waals surface area contributed by atoms with Crippen LogP contribution >= 0.6 is 0 Å². The molecule has 0 aliphatic carbocycles. The molecule has 0 aromatic heterocycles. The molecule has 0 amide bonds. The monoisotopic (exact) mass is 150 g/mol. The summed E-state index contributed by atoms with van der Waals surface area (Å²) in [6, 6.07) is 0. The summed E-state index contributed by atoms with van der Waals surface area (Å²) in [5, 5.41) is 0. The van der Waals surface area contributed by atoms with Crippen LogP contribution < -0.4 is 0 Å². The summed E-state index contributed by atoms with van der Waals surface area (Å²) >= 11 is 0. The second-order valence-corrected chi connectivity index (χ2v) is 4.97. The van der Waals surface area contributed by atoms with E-state index in [0.29, 0.717) is 0 Å². The van der Waals surface area contributed by atoms with E-state index >= 15 is 0 Å². The first-order chi connectivity index (χ1) is 3.84. The van der Waals surface area contributed by atoms with Gasteiger partial charge >= 0.3 is 0 Å². The average Bonchev–Trinajstić information content (AvgIpc) is 2.10. The van der Waals surface area contributed by atoms with Crippen molar-refractivity contribution in [1.82, 2.24) is 0 Å². The molecule has 0 spiro atoms. The minimum atomic E-state index is -2.96. The predicted octanol–water partition coefficient (Wildman–Crippen LogP) is 0.166. The molecule has 0 bridgehead atoms. The van der Waals surface area contributed by atoms with Crippen LogP contribution in [0.4, 0.5) is 0 Å². The first-order valence-corrected chi connectivity index (χ1v) is 4.66. The molecule has 1 fully saturated rings. The van der Waals surface area contributed by atoms with Crippen LogP contribution in [0, 0.1) is 0 Å². The van der Waals surface area contributed by atoms with Gasteiger partial charge in [0.1, 0.15) is 5.60 Å². The van der Waals surface area contributed by atoms with Crippen LogP contribution in [0.1, 0.15) is 13.8 Å². The molecular formula is C5H10O3S. The van der Waals surface area contributed by atoms with Gasteiger partial charge < -0.3 is 4.74 Å². The largest absolute Gasteiger partial charge is 0.350 e. The van der Waals surface area contributed by atoms with Crippen molar-refractivity contribution in [3.63, 3.8) is 0 Å². The first-order valence-electron chi connectivity index (χ1n) is 2.71. The molecule has 1 heterocycles. The topological polar surface area (TPSA) is 46.7 Å². The third kappa shape index (κ3) is 1.24. The van der Waals surface area contributed by atoms with E-state index in [2.05, 4.69) is 0 Å². The lowest BCUT2D eigenvalue weighted by Gasteiger charge is -1.90. The highest BCUT2D eigenvalue weighted by atomic mass is 32.2. The molecule has 0 aromatic rings. The Bertz CT molecular complexity index is 214. The van der Waals surface area contributed by atoms with E-state index in [4.69, 9.17) is 4.74 Å². The number of ether oxygens (including phenoxy) is 1. The Hall–Kier alpha value is -0.0900. The highest BCUT2D eigenvalue weighted by Gasteiger charge is 2.54. The van der Waals surface area contributed by atoms with Crippen LogP contribution in [-0.4, -0.2) is 25.7 Å². The van der Waals surface area contributed by atoms with Gasteiger partial charge in [-0.3, -0.25) is 0 Å². The number of hydrogen-bond donors (Lipinski definition) is 0. The smallest absolute Gasteiger partial charge is 0.187 e. The van der Waals surface area contributed by atoms with Crippen molar-refractivity contribution in [1.29, 1.82) is 0 Å². The van der Waals surface area contributed by atoms with Gasteiger partial charge in [-0.15, -0.1) is 0 Å². The van der Waals surface area contributed by atoms with E-state index in [1.807, 2.05) is 0 Å². The molecule has 0 N–H and O–H groups in total. The average molecular weight is 150 g/mol. The molecule has 1 atom stereocenters. The zero-order valence-corrected chi connectivity index (χ0v) is 6.53. The molecule has 54 valence electrons. The summed E-state index contributed by atoms with van der Waals surface area (Å²) in [4.78, 5) is 0. The van der Waals surface area contributed by atoms with Gasteiger partial charge in [0.2, 0.25) is 0 Å². The molecular weight excluding hydrogens is 140 g/mol. The van der Waals surface area contributed by atoms with E-state index in [1.54, 1.807) is 13.8 Å². The second kappa shape index (κ2) is 1.49. The fourth-order valence-electron chi connectivity index (χ4n) is 0.845. The number of epoxide rings is 1. The van der Waals surface area contributed by atoms with E-state index in [1.165, 1.54) is 6.26 Å². The molecule has 4 heteroatoms. The van der Waals surface area contributed by atoms with Crippen LogP contribution in [0.3, 0.4) is 0 Å². The minimum Gasteiger partial charge on any atom is -0.350 e. The van der Waals surface area contributed by atoms with Crippen molar-refractivity contribution in [2.45, 2.75) is 24.9 Å². The number of sulfone groups is 1. The van der Waals surface area contributed by atoms with Gasteiger partial charge in [-0.1, -0.05) is 0 Å². The molecule has 3 nitrogen and oxygen atoms in total. The van der Waals surface area contributed by atoms with Crippen molar-refractivity contribution < 1.29 is 13.2 Å². The summed E-state index contributed by atoms with van der Waals surface area (Å²) in [5.41, 5.74) is -1.00. The maximum absolute atomic E-state index is 10.7. The fraction of sp³-hybridized carbons (Fsp3) is 1.00. The Labute approximate surface area is 54.9 Å². The van der Waals surface area contributed by atoms with Gasteiger partial charge in [0.25, 0.3) is 0 Å². The van der Waals surface area contributed by atoms with Crippen LogP contribution in [0.25, 0.3) is 0 Å².